The van der Waals surface area contributed by atoms with Crippen LogP contribution in [0.2, 0.25) is 0 Å². The van der Waals surface area contributed by atoms with E-state index in [1.54, 1.807) is 66.7 Å². The Kier molecular flexibility index (Phi) is 11.0. The Morgan fingerprint density at radius 1 is 1.04 bits per heavy atom. The highest BCUT2D eigenvalue weighted by atomic mass is 79.9. The van der Waals surface area contributed by atoms with Gasteiger partial charge in [0.15, 0.2) is 11.6 Å². The van der Waals surface area contributed by atoms with Gasteiger partial charge in [0.05, 0.1) is 6.61 Å². The molecule has 0 aromatic heterocycles. The SMILES string of the molecule is [N-]=[N+]=Nc1ccccc1C[C@]1(C(=O)NNCCc2ccccc2F)N=C(c2ccc(OCCCO)cc2)O[C@H]1c1ccccc1Br. The summed E-state index contributed by atoms with van der Waals surface area (Å²) in [5.74, 6) is 0.0467. The Morgan fingerprint density at radius 3 is 2.50 bits per heavy atom. The molecule has 0 spiro atoms. The minimum Gasteiger partial charge on any atom is -0.494 e. The van der Waals surface area contributed by atoms with E-state index in [0.29, 0.717) is 53.1 Å². The molecular weight excluding hydrogens is 655 g/mol. The van der Waals surface area contributed by atoms with Gasteiger partial charge in [-0.3, -0.25) is 10.2 Å². The lowest BCUT2D eigenvalue weighted by molar-refractivity contribution is -0.130. The molecule has 0 unspecified atom stereocenters. The van der Waals surface area contributed by atoms with Gasteiger partial charge in [0, 0.05) is 52.2 Å². The van der Waals surface area contributed by atoms with E-state index in [1.165, 1.54) is 6.07 Å². The highest BCUT2D eigenvalue weighted by Gasteiger charge is 2.54. The summed E-state index contributed by atoms with van der Waals surface area (Å²) in [5.41, 5.74) is 16.2. The number of halogens is 2. The maximum absolute atomic E-state index is 14.4. The first-order chi connectivity index (χ1) is 22.4. The number of amides is 1. The first-order valence-electron chi connectivity index (χ1n) is 14.7. The Bertz CT molecular complexity index is 1750. The fourth-order valence-electron chi connectivity index (χ4n) is 5.19. The zero-order valence-electron chi connectivity index (χ0n) is 24.8. The molecule has 0 radical (unpaired) electrons. The van der Waals surface area contributed by atoms with E-state index in [1.807, 2.05) is 24.3 Å². The predicted octanol–water partition coefficient (Wildman–Crippen LogP) is 6.65. The summed E-state index contributed by atoms with van der Waals surface area (Å²) in [6.07, 6.45) is -0.0218. The lowest BCUT2D eigenvalue weighted by atomic mass is 9.81. The van der Waals surface area contributed by atoms with Crippen LogP contribution in [0.25, 0.3) is 10.4 Å². The van der Waals surface area contributed by atoms with Gasteiger partial charge in [-0.25, -0.2) is 14.8 Å². The summed E-state index contributed by atoms with van der Waals surface area (Å²) in [6, 6.07) is 28.0. The summed E-state index contributed by atoms with van der Waals surface area (Å²) in [4.78, 5) is 22.4. The molecule has 10 nitrogen and oxygen atoms in total. The number of aliphatic hydroxyl groups excluding tert-OH is 1. The number of hydrazine groups is 1. The average Bonchev–Trinajstić information content (AvgIpc) is 3.45. The molecule has 0 bridgehead atoms. The second kappa shape index (κ2) is 15.5. The first-order valence-corrected chi connectivity index (χ1v) is 15.5. The van der Waals surface area contributed by atoms with Crippen molar-refractivity contribution < 1.29 is 23.8 Å². The minimum atomic E-state index is -1.57. The van der Waals surface area contributed by atoms with Crippen molar-refractivity contribution in [2.24, 2.45) is 10.1 Å². The number of nitrogens with one attached hydrogen (secondary N) is 2. The highest BCUT2D eigenvalue weighted by molar-refractivity contribution is 9.10. The summed E-state index contributed by atoms with van der Waals surface area (Å²) in [6.45, 7) is 0.659. The molecule has 0 fully saturated rings. The van der Waals surface area contributed by atoms with Gasteiger partial charge in [-0.2, -0.15) is 0 Å². The van der Waals surface area contributed by atoms with Gasteiger partial charge in [-0.1, -0.05) is 81.7 Å². The highest BCUT2D eigenvalue weighted by Crippen LogP contribution is 2.45. The third-order valence-corrected chi connectivity index (χ3v) is 8.22. The fourth-order valence-corrected chi connectivity index (χ4v) is 5.69. The predicted molar refractivity (Wildman–Crippen MR) is 176 cm³/mol. The van der Waals surface area contributed by atoms with Crippen LogP contribution in [0.15, 0.2) is 112 Å². The van der Waals surface area contributed by atoms with Crippen LogP contribution < -0.4 is 15.6 Å². The Morgan fingerprint density at radius 2 is 1.76 bits per heavy atom. The van der Waals surface area contributed by atoms with Crippen LogP contribution in [0.3, 0.4) is 0 Å². The molecule has 12 heteroatoms. The zero-order valence-corrected chi connectivity index (χ0v) is 26.4. The van der Waals surface area contributed by atoms with E-state index in [4.69, 9.17) is 19.6 Å². The molecule has 46 heavy (non-hydrogen) atoms. The Hall–Kier alpha value is -4.74. The zero-order chi connectivity index (χ0) is 32.4. The van der Waals surface area contributed by atoms with Crippen molar-refractivity contribution in [3.63, 3.8) is 0 Å². The lowest BCUT2D eigenvalue weighted by Gasteiger charge is -2.31. The number of hydrogen-bond acceptors (Lipinski definition) is 7. The van der Waals surface area contributed by atoms with Crippen LogP contribution in [0, 0.1) is 5.82 Å². The van der Waals surface area contributed by atoms with Gasteiger partial charge in [0.1, 0.15) is 11.6 Å². The van der Waals surface area contributed by atoms with E-state index in [9.17, 15) is 14.7 Å². The average molecular weight is 688 g/mol. The van der Waals surface area contributed by atoms with Gasteiger partial charge in [-0.15, -0.1) is 0 Å². The van der Waals surface area contributed by atoms with Crippen molar-refractivity contribution in [3.8, 4) is 5.75 Å². The molecule has 0 aliphatic carbocycles. The number of azide groups is 1. The van der Waals surface area contributed by atoms with E-state index >= 15 is 0 Å². The molecule has 1 aliphatic rings. The number of benzene rings is 4. The summed E-state index contributed by atoms with van der Waals surface area (Å²) < 4.78 is 27.2. The number of carbonyl (C=O) groups excluding carboxylic acids is 1. The minimum absolute atomic E-state index is 0.0286. The lowest BCUT2D eigenvalue weighted by Crippen LogP contribution is -2.54. The molecular formula is C34H32BrFN6O4. The molecule has 4 aromatic rings. The number of aliphatic hydroxyl groups is 1. The molecule has 2 atom stereocenters. The number of aliphatic imine (C=N–C) groups is 1. The van der Waals surface area contributed by atoms with Crippen molar-refractivity contribution in [1.82, 2.24) is 10.9 Å². The summed E-state index contributed by atoms with van der Waals surface area (Å²) in [5, 5.41) is 12.9. The normalized spacial score (nSPS) is 17.0. The van der Waals surface area contributed by atoms with Crippen LogP contribution in [0.4, 0.5) is 10.1 Å². The largest absolute Gasteiger partial charge is 0.494 e. The van der Waals surface area contributed by atoms with Gasteiger partial charge in [-0.05, 0) is 59.5 Å². The fraction of sp³-hybridized carbons (Fsp3) is 0.235. The Balaban J connectivity index is 1.53. The molecule has 4 aromatic carbocycles. The standard InChI is InChI=1S/C34H32BrFN6O4/c35-28-11-4-3-10-27(28)31-34(22-25-9-2-6-13-30(25)40-42-37,33(44)41-38-19-18-23-8-1-5-12-29(23)36)39-32(46-31)24-14-16-26(17-15-24)45-21-7-20-43/h1-6,8-17,31,38,43H,7,18-22H2,(H,41,44)/t31-,34-/m0/s1. The molecule has 1 amide bonds. The summed E-state index contributed by atoms with van der Waals surface area (Å²) >= 11 is 3.63. The van der Waals surface area contributed by atoms with E-state index in [2.05, 4.69) is 36.8 Å². The van der Waals surface area contributed by atoms with Gasteiger partial charge in [0.25, 0.3) is 5.91 Å². The second-order valence-electron chi connectivity index (χ2n) is 10.5. The van der Waals surface area contributed by atoms with Crippen LogP contribution in [-0.2, 0) is 22.4 Å². The van der Waals surface area contributed by atoms with Crippen LogP contribution >= 0.6 is 15.9 Å². The van der Waals surface area contributed by atoms with Crippen molar-refractivity contribution in [2.75, 3.05) is 19.8 Å². The Labute approximate surface area is 274 Å². The van der Waals surface area contributed by atoms with E-state index in [-0.39, 0.29) is 31.3 Å². The maximum atomic E-state index is 14.4. The smallest absolute Gasteiger partial charge is 0.266 e. The van der Waals surface area contributed by atoms with Gasteiger partial charge < -0.3 is 14.6 Å². The molecule has 236 valence electrons. The van der Waals surface area contributed by atoms with Crippen LogP contribution in [0.1, 0.15) is 34.8 Å². The molecule has 0 saturated heterocycles. The second-order valence-corrected chi connectivity index (χ2v) is 11.4. The number of ether oxygens (including phenoxy) is 2. The van der Waals surface area contributed by atoms with E-state index < -0.39 is 17.6 Å². The maximum Gasteiger partial charge on any atom is 0.266 e. The molecule has 1 heterocycles. The monoisotopic (exact) mass is 686 g/mol. The van der Waals surface area contributed by atoms with Gasteiger partial charge >= 0.3 is 0 Å². The van der Waals surface area contributed by atoms with Crippen molar-refractivity contribution in [3.05, 3.63) is 140 Å². The third-order valence-electron chi connectivity index (χ3n) is 7.50. The molecule has 1 aliphatic heterocycles. The third kappa shape index (κ3) is 7.55. The quantitative estimate of drug-likeness (QED) is 0.0448. The number of hydrogen-bond donors (Lipinski definition) is 3. The first kappa shape index (κ1) is 32.6. The van der Waals surface area contributed by atoms with Crippen molar-refractivity contribution in [2.45, 2.75) is 30.9 Å². The van der Waals surface area contributed by atoms with Crippen LogP contribution in [-0.4, -0.2) is 42.2 Å². The van der Waals surface area contributed by atoms with Gasteiger partial charge in [0.2, 0.25) is 5.90 Å². The van der Waals surface area contributed by atoms with Crippen molar-refractivity contribution >= 4 is 33.4 Å². The number of rotatable bonds is 14. The van der Waals surface area contributed by atoms with E-state index in [0.717, 1.165) is 4.47 Å². The summed E-state index contributed by atoms with van der Waals surface area (Å²) in [7, 11) is 0. The molecule has 3 N–H and O–H groups in total. The number of nitrogens with zero attached hydrogens (tertiary/aromatic N) is 4. The molecule has 0 saturated carbocycles. The van der Waals surface area contributed by atoms with Crippen molar-refractivity contribution in [1.29, 1.82) is 0 Å². The topological polar surface area (TPSA) is 141 Å². The van der Waals surface area contributed by atoms with Crippen LogP contribution in [0.5, 0.6) is 5.75 Å². The molecule has 5 rings (SSSR count). The number of carbonyl (C=O) groups is 1.